The summed E-state index contributed by atoms with van der Waals surface area (Å²) >= 11 is 0. The predicted molar refractivity (Wildman–Crippen MR) is 254 cm³/mol. The van der Waals surface area contributed by atoms with Crippen molar-refractivity contribution in [2.24, 2.45) is 10.9 Å². The van der Waals surface area contributed by atoms with Crippen molar-refractivity contribution >= 4 is 35.3 Å². The summed E-state index contributed by atoms with van der Waals surface area (Å²) in [6.07, 6.45) is 7.27. The third-order valence-corrected chi connectivity index (χ3v) is 9.94. The highest BCUT2D eigenvalue weighted by molar-refractivity contribution is 5.99. The van der Waals surface area contributed by atoms with E-state index in [0.29, 0.717) is 23.5 Å². The zero-order chi connectivity index (χ0) is 48.8. The summed E-state index contributed by atoms with van der Waals surface area (Å²) in [7, 11) is 1.66. The Labute approximate surface area is 383 Å². The van der Waals surface area contributed by atoms with Gasteiger partial charge in [-0.2, -0.15) is 0 Å². The van der Waals surface area contributed by atoms with Gasteiger partial charge in [0.2, 0.25) is 0 Å². The SMILES string of the molecule is C/C=C(C)/C(C)=C/OC.CC1=CN(c2ccccc2)C(c2ccc(F)cc2F)C(C)C1=O.Cc1ccccc1N.Fc1ccc(C=Nc2ccccc2)c(F)c1.O=Cc1ccc(F)cc1F. The minimum absolute atomic E-state index is 0.0223. The minimum Gasteiger partial charge on any atom is -0.504 e. The summed E-state index contributed by atoms with van der Waals surface area (Å²) in [5.41, 5.74) is 12.7. The van der Waals surface area contributed by atoms with Gasteiger partial charge in [-0.1, -0.05) is 73.7 Å². The Bertz CT molecular complexity index is 2610. The molecule has 12 heteroatoms. The van der Waals surface area contributed by atoms with Crippen LogP contribution in [0.4, 0.5) is 43.4 Å². The summed E-state index contributed by atoms with van der Waals surface area (Å²) in [5.74, 6) is -4.42. The topological polar surface area (TPSA) is 85.0 Å². The fourth-order valence-electron chi connectivity index (χ4n) is 6.04. The van der Waals surface area contributed by atoms with Crippen LogP contribution in [-0.4, -0.2) is 25.4 Å². The summed E-state index contributed by atoms with van der Waals surface area (Å²) in [5, 5.41) is 0. The molecule has 2 atom stereocenters. The Morgan fingerprint density at radius 3 is 1.68 bits per heavy atom. The Morgan fingerprint density at radius 2 is 1.20 bits per heavy atom. The summed E-state index contributed by atoms with van der Waals surface area (Å²) in [6.45, 7) is 11.6. The van der Waals surface area contributed by atoms with Gasteiger partial charge in [-0.25, -0.2) is 26.3 Å². The van der Waals surface area contributed by atoms with E-state index in [-0.39, 0.29) is 16.9 Å². The molecule has 7 rings (SSSR count). The number of Topliss-reactive ketones (excluding diaryl/α,β-unsaturated/α-hetero) is 1. The number of nitrogens with zero attached hydrogens (tertiary/aromatic N) is 2. The number of nitrogen functional groups attached to an aromatic ring is 1. The number of nitrogens with two attached hydrogens (primary N) is 1. The number of aryl methyl sites for hydroxylation is 1. The summed E-state index contributed by atoms with van der Waals surface area (Å²) in [6, 6.07) is 35.6. The van der Waals surface area contributed by atoms with Gasteiger partial charge in [0.05, 0.1) is 30.7 Å². The molecule has 0 aliphatic carbocycles. The van der Waals surface area contributed by atoms with E-state index in [0.717, 1.165) is 46.9 Å². The maximum Gasteiger partial charge on any atom is 0.165 e. The monoisotopic (exact) mass is 905 g/mol. The van der Waals surface area contributed by atoms with Gasteiger partial charge in [-0.05, 0) is 112 Å². The van der Waals surface area contributed by atoms with Crippen molar-refractivity contribution in [2.45, 2.75) is 47.6 Å². The first kappa shape index (κ1) is 52.9. The Hall–Kier alpha value is -7.47. The number of methoxy groups -OCH3 is 1. The molecule has 0 bridgehead atoms. The average molecular weight is 906 g/mol. The Balaban J connectivity index is 0.000000234. The number of hydrogen-bond acceptors (Lipinski definition) is 6. The van der Waals surface area contributed by atoms with Crippen LogP contribution in [0.25, 0.3) is 0 Å². The number of allylic oxidation sites excluding steroid dienone is 4. The van der Waals surface area contributed by atoms with Crippen molar-refractivity contribution in [3.8, 4) is 0 Å². The molecule has 6 aromatic carbocycles. The number of para-hydroxylation sites is 3. The zero-order valence-corrected chi connectivity index (χ0v) is 37.8. The molecule has 1 aliphatic heterocycles. The predicted octanol–water partition coefficient (Wildman–Crippen LogP) is 14.2. The van der Waals surface area contributed by atoms with Crippen molar-refractivity contribution in [3.05, 3.63) is 232 Å². The van der Waals surface area contributed by atoms with Crippen molar-refractivity contribution in [1.29, 1.82) is 0 Å². The van der Waals surface area contributed by atoms with E-state index < -0.39 is 46.9 Å². The van der Waals surface area contributed by atoms with Crippen molar-refractivity contribution in [2.75, 3.05) is 17.7 Å². The van der Waals surface area contributed by atoms with Crippen molar-refractivity contribution < 1.29 is 40.7 Å². The van der Waals surface area contributed by atoms with E-state index in [2.05, 4.69) is 18.0 Å². The second-order valence-electron chi connectivity index (χ2n) is 14.7. The number of benzene rings is 6. The first-order chi connectivity index (χ1) is 31.5. The average Bonchev–Trinajstić information content (AvgIpc) is 3.30. The number of rotatable bonds is 7. The highest BCUT2D eigenvalue weighted by atomic mass is 19.2. The molecule has 2 unspecified atom stereocenters. The van der Waals surface area contributed by atoms with Crippen LogP contribution in [0, 0.1) is 47.7 Å². The molecule has 0 saturated heterocycles. The fourth-order valence-corrected chi connectivity index (χ4v) is 6.04. The van der Waals surface area contributed by atoms with E-state index >= 15 is 0 Å². The molecule has 0 fully saturated rings. The number of carbonyl (C=O) groups is 2. The molecule has 66 heavy (non-hydrogen) atoms. The van der Waals surface area contributed by atoms with E-state index in [9.17, 15) is 35.9 Å². The highest BCUT2D eigenvalue weighted by Crippen LogP contribution is 2.39. The fraction of sp³-hybridized carbons (Fsp3) is 0.167. The van der Waals surface area contributed by atoms with Gasteiger partial charge in [-0.15, -0.1) is 0 Å². The van der Waals surface area contributed by atoms with Crippen LogP contribution < -0.4 is 10.6 Å². The van der Waals surface area contributed by atoms with Gasteiger partial charge >= 0.3 is 0 Å². The van der Waals surface area contributed by atoms with Crippen LogP contribution >= 0.6 is 0 Å². The van der Waals surface area contributed by atoms with E-state index in [4.69, 9.17) is 10.5 Å². The van der Waals surface area contributed by atoms with E-state index in [1.807, 2.05) is 98.5 Å². The van der Waals surface area contributed by atoms with Crippen LogP contribution in [-0.2, 0) is 9.53 Å². The van der Waals surface area contributed by atoms with Gasteiger partial charge in [0.15, 0.2) is 12.1 Å². The van der Waals surface area contributed by atoms with Gasteiger partial charge in [0.1, 0.15) is 34.9 Å². The van der Waals surface area contributed by atoms with Crippen molar-refractivity contribution in [3.63, 3.8) is 0 Å². The molecule has 344 valence electrons. The number of aliphatic imine (C=N–C) groups is 1. The number of carbonyl (C=O) groups excluding carboxylic acids is 2. The molecule has 0 radical (unpaired) electrons. The second kappa shape index (κ2) is 27.0. The molecule has 1 aliphatic rings. The molecule has 2 N–H and O–H groups in total. The van der Waals surface area contributed by atoms with Gasteiger partial charge < -0.3 is 15.4 Å². The molecule has 0 amide bonds. The zero-order valence-electron chi connectivity index (χ0n) is 37.8. The lowest BCUT2D eigenvalue weighted by molar-refractivity contribution is -0.119. The number of aldehydes is 1. The molecule has 6 nitrogen and oxygen atoms in total. The van der Waals surface area contributed by atoms with Gasteiger partial charge in [-0.3, -0.25) is 14.6 Å². The van der Waals surface area contributed by atoms with Crippen LogP contribution in [0.15, 0.2) is 180 Å². The summed E-state index contributed by atoms with van der Waals surface area (Å²) in [4.78, 5) is 28.3. The first-order valence-corrected chi connectivity index (χ1v) is 20.6. The number of ether oxygens (including phenoxy) is 1. The van der Waals surface area contributed by atoms with Gasteiger partial charge in [0.25, 0.3) is 0 Å². The quantitative estimate of drug-likeness (QED) is 0.0431. The molecule has 1 heterocycles. The largest absolute Gasteiger partial charge is 0.504 e. The maximum atomic E-state index is 14.3. The molecule has 6 aromatic rings. The van der Waals surface area contributed by atoms with E-state index in [1.165, 1.54) is 41.6 Å². The second-order valence-corrected chi connectivity index (χ2v) is 14.7. The lowest BCUT2D eigenvalue weighted by atomic mass is 9.84. The van der Waals surface area contributed by atoms with Crippen LogP contribution in [0.5, 0.6) is 0 Å². The smallest absolute Gasteiger partial charge is 0.165 e. The van der Waals surface area contributed by atoms with Crippen LogP contribution in [0.1, 0.15) is 67.7 Å². The first-order valence-electron chi connectivity index (χ1n) is 20.6. The number of anilines is 2. The van der Waals surface area contributed by atoms with Crippen LogP contribution in [0.2, 0.25) is 0 Å². The Kier molecular flexibility index (Phi) is 21.6. The third-order valence-electron chi connectivity index (χ3n) is 9.94. The molecular formula is C54H53F6N3O3. The number of halogens is 6. The highest BCUT2D eigenvalue weighted by Gasteiger charge is 2.36. The molecular weight excluding hydrogens is 853 g/mol. The lowest BCUT2D eigenvalue weighted by Gasteiger charge is -2.38. The summed E-state index contributed by atoms with van der Waals surface area (Å²) < 4.78 is 82.7. The molecule has 0 saturated carbocycles. The number of hydrogen-bond donors (Lipinski definition) is 1. The molecule has 0 spiro atoms. The van der Waals surface area contributed by atoms with E-state index in [1.54, 1.807) is 45.6 Å². The normalized spacial score (nSPS) is 14.5. The van der Waals surface area contributed by atoms with Gasteiger partial charge in [0, 0.05) is 64.6 Å². The Morgan fingerprint density at radius 1 is 0.682 bits per heavy atom. The third kappa shape index (κ3) is 16.6. The maximum absolute atomic E-state index is 14.3. The lowest BCUT2D eigenvalue weighted by Crippen LogP contribution is -2.38. The van der Waals surface area contributed by atoms with Crippen molar-refractivity contribution in [1.82, 2.24) is 0 Å². The number of ketones is 1. The minimum atomic E-state index is -0.824. The van der Waals surface area contributed by atoms with Crippen LogP contribution in [0.3, 0.4) is 0 Å². The standard InChI is InChI=1S/C19H17F2NO.C13H9F2N.C8H14O.C7H4F2O.C7H9N/c1-12-11-22(15-6-4-3-5-7-15)18(13(2)19(12)23)16-9-8-14(20)10-17(16)21;14-11-7-6-10(13(15)8-11)9-16-12-4-2-1-3-5-12;1-5-7(2)8(3)6-9-4;8-6-2-1-5(4-10)7(9)3-6;1-6-4-2-3-5-7(6)8/h3-11,13,18H,1-2H3;1-9H;5-6H,1-4H3;1-4H;2-5H,8H2,1H3/b;;7-5+,8-6+;;. The molecule has 0 aromatic heterocycles.